The van der Waals surface area contributed by atoms with Crippen LogP contribution in [0.15, 0.2) is 48.8 Å². The van der Waals surface area contributed by atoms with E-state index in [1.165, 1.54) is 6.07 Å². The van der Waals surface area contributed by atoms with Gasteiger partial charge in [-0.1, -0.05) is 18.2 Å². The maximum Gasteiger partial charge on any atom is 0.416 e. The molecule has 2 heterocycles. The first-order chi connectivity index (χ1) is 10.5. The topological polar surface area (TPSA) is 34.4 Å². The van der Waals surface area contributed by atoms with Crippen molar-refractivity contribution in [3.63, 3.8) is 0 Å². The number of imidazole rings is 1. The quantitative estimate of drug-likeness (QED) is 0.691. The van der Waals surface area contributed by atoms with Crippen LogP contribution < -0.4 is 0 Å². The van der Waals surface area contributed by atoms with E-state index in [9.17, 15) is 18.0 Å². The minimum Gasteiger partial charge on any atom is -0.307 e. The van der Waals surface area contributed by atoms with Gasteiger partial charge in [-0.15, -0.1) is 0 Å². The van der Waals surface area contributed by atoms with Crippen LogP contribution in [0.5, 0.6) is 0 Å². The molecule has 0 bridgehead atoms. The zero-order valence-electron chi connectivity index (χ0n) is 11.3. The second kappa shape index (κ2) is 5.29. The largest absolute Gasteiger partial charge is 0.416 e. The Hall–Kier alpha value is -2.63. The molecule has 0 aliphatic heterocycles. The van der Waals surface area contributed by atoms with Crippen LogP contribution in [-0.2, 0) is 12.6 Å². The van der Waals surface area contributed by atoms with E-state index >= 15 is 0 Å². The molecule has 0 fully saturated rings. The number of aromatic nitrogens is 2. The lowest BCUT2D eigenvalue weighted by Gasteiger charge is -2.07. The van der Waals surface area contributed by atoms with E-state index in [1.807, 2.05) is 0 Å². The second-order valence-corrected chi connectivity index (χ2v) is 4.95. The Kier molecular flexibility index (Phi) is 3.44. The van der Waals surface area contributed by atoms with E-state index in [2.05, 4.69) is 4.98 Å². The molecule has 6 heteroatoms. The maximum atomic E-state index is 12.7. The number of carbonyl (C=O) groups is 1. The van der Waals surface area contributed by atoms with Gasteiger partial charge in [-0.3, -0.25) is 4.79 Å². The van der Waals surface area contributed by atoms with Gasteiger partial charge in [0.25, 0.3) is 0 Å². The molecule has 0 saturated carbocycles. The summed E-state index contributed by atoms with van der Waals surface area (Å²) in [5, 5.41) is 0. The molecule has 0 aliphatic carbocycles. The van der Waals surface area contributed by atoms with Crippen LogP contribution in [-0.4, -0.2) is 15.7 Å². The average Bonchev–Trinajstić information content (AvgIpc) is 2.87. The molecule has 0 unspecified atom stereocenters. The molecule has 0 amide bonds. The number of nitrogens with zero attached hydrogens (tertiary/aromatic N) is 2. The summed E-state index contributed by atoms with van der Waals surface area (Å²) in [6.07, 6.45) is 0.100. The Bertz CT molecular complexity index is 837. The third-order valence-corrected chi connectivity index (χ3v) is 3.31. The minimum absolute atomic E-state index is 0.294. The number of fused-ring (bicyclic) bond motifs is 1. The van der Waals surface area contributed by atoms with Crippen molar-refractivity contribution in [2.24, 2.45) is 0 Å². The summed E-state index contributed by atoms with van der Waals surface area (Å²) in [6, 6.07) is 8.47. The van der Waals surface area contributed by atoms with Crippen molar-refractivity contribution in [3.8, 4) is 0 Å². The van der Waals surface area contributed by atoms with Crippen LogP contribution in [0.4, 0.5) is 13.2 Å². The third-order valence-electron chi connectivity index (χ3n) is 3.31. The number of hydrogen-bond acceptors (Lipinski definition) is 2. The number of alkyl halides is 3. The highest BCUT2D eigenvalue weighted by Gasteiger charge is 2.30. The molecular formula is C16H11F3N2O. The van der Waals surface area contributed by atoms with Gasteiger partial charge in [0, 0.05) is 24.4 Å². The molecular weight excluding hydrogens is 293 g/mol. The zero-order chi connectivity index (χ0) is 15.7. The predicted octanol–water partition coefficient (Wildman–Crippen LogP) is 3.76. The summed E-state index contributed by atoms with van der Waals surface area (Å²) < 4.78 is 39.8. The Balaban J connectivity index is 1.91. The van der Waals surface area contributed by atoms with Crippen molar-refractivity contribution in [2.75, 3.05) is 0 Å². The first-order valence-electron chi connectivity index (χ1n) is 6.55. The van der Waals surface area contributed by atoms with Crippen LogP contribution in [0.2, 0.25) is 0 Å². The summed E-state index contributed by atoms with van der Waals surface area (Å²) in [4.78, 5) is 15.1. The van der Waals surface area contributed by atoms with Crippen molar-refractivity contribution in [1.82, 2.24) is 9.38 Å². The molecule has 22 heavy (non-hydrogen) atoms. The highest BCUT2D eigenvalue weighted by atomic mass is 19.4. The van der Waals surface area contributed by atoms with Gasteiger partial charge in [0.15, 0.2) is 0 Å². The van der Waals surface area contributed by atoms with Crippen LogP contribution in [0.3, 0.4) is 0 Å². The standard InChI is InChI=1S/C16H11F3N2O/c17-16(18,19)13-3-1-2-11(6-13)7-14-9-21-5-4-12(10-22)8-15(21)20-14/h1-6,8-10H,7H2. The zero-order valence-corrected chi connectivity index (χ0v) is 11.3. The van der Waals surface area contributed by atoms with Crippen LogP contribution in [0.25, 0.3) is 5.65 Å². The van der Waals surface area contributed by atoms with Crippen molar-refractivity contribution in [3.05, 3.63) is 71.2 Å². The number of halogens is 3. The highest BCUT2D eigenvalue weighted by Crippen LogP contribution is 2.29. The lowest BCUT2D eigenvalue weighted by atomic mass is 10.1. The third kappa shape index (κ3) is 2.86. The summed E-state index contributed by atoms with van der Waals surface area (Å²) >= 11 is 0. The van der Waals surface area contributed by atoms with Gasteiger partial charge in [-0.2, -0.15) is 13.2 Å². The first kappa shape index (κ1) is 14.3. The lowest BCUT2D eigenvalue weighted by Crippen LogP contribution is -2.05. The average molecular weight is 304 g/mol. The van der Waals surface area contributed by atoms with E-state index in [-0.39, 0.29) is 0 Å². The molecule has 2 aromatic heterocycles. The fraction of sp³-hybridized carbons (Fsp3) is 0.125. The van der Waals surface area contributed by atoms with E-state index in [0.717, 1.165) is 18.4 Å². The summed E-state index contributed by atoms with van der Waals surface area (Å²) in [5.41, 5.74) is 1.60. The predicted molar refractivity (Wildman–Crippen MR) is 74.8 cm³/mol. The van der Waals surface area contributed by atoms with E-state index in [0.29, 0.717) is 28.9 Å². The molecule has 3 nitrogen and oxygen atoms in total. The van der Waals surface area contributed by atoms with Gasteiger partial charge >= 0.3 is 6.18 Å². The van der Waals surface area contributed by atoms with Gasteiger partial charge in [-0.25, -0.2) is 4.98 Å². The van der Waals surface area contributed by atoms with E-state index < -0.39 is 11.7 Å². The number of hydrogen-bond donors (Lipinski definition) is 0. The van der Waals surface area contributed by atoms with Crippen molar-refractivity contribution in [2.45, 2.75) is 12.6 Å². The summed E-state index contributed by atoms with van der Waals surface area (Å²) in [5.74, 6) is 0. The molecule has 0 saturated heterocycles. The van der Waals surface area contributed by atoms with Crippen molar-refractivity contribution >= 4 is 11.9 Å². The molecule has 0 N–H and O–H groups in total. The number of carbonyl (C=O) groups excluding carboxylic acids is 1. The Morgan fingerprint density at radius 1 is 1.18 bits per heavy atom. The minimum atomic E-state index is -4.35. The monoisotopic (exact) mass is 304 g/mol. The normalized spacial score (nSPS) is 11.8. The van der Waals surface area contributed by atoms with E-state index in [4.69, 9.17) is 0 Å². The van der Waals surface area contributed by atoms with Gasteiger partial charge in [-0.05, 0) is 23.8 Å². The molecule has 3 rings (SSSR count). The van der Waals surface area contributed by atoms with Crippen LogP contribution >= 0.6 is 0 Å². The molecule has 0 spiro atoms. The fourth-order valence-electron chi connectivity index (χ4n) is 2.28. The molecule has 0 radical (unpaired) electrons. The maximum absolute atomic E-state index is 12.7. The first-order valence-corrected chi connectivity index (χ1v) is 6.55. The van der Waals surface area contributed by atoms with Gasteiger partial charge < -0.3 is 4.40 Å². The molecule has 0 atom stereocenters. The van der Waals surface area contributed by atoms with Crippen molar-refractivity contribution < 1.29 is 18.0 Å². The smallest absolute Gasteiger partial charge is 0.307 e. The van der Waals surface area contributed by atoms with Gasteiger partial charge in [0.05, 0.1) is 11.3 Å². The summed E-state index contributed by atoms with van der Waals surface area (Å²) in [6.45, 7) is 0. The fourth-order valence-corrected chi connectivity index (χ4v) is 2.28. The van der Waals surface area contributed by atoms with Gasteiger partial charge in [0.2, 0.25) is 0 Å². The van der Waals surface area contributed by atoms with Crippen LogP contribution in [0, 0.1) is 0 Å². The molecule has 0 aliphatic rings. The van der Waals surface area contributed by atoms with Crippen LogP contribution in [0.1, 0.15) is 27.2 Å². The lowest BCUT2D eigenvalue weighted by molar-refractivity contribution is -0.137. The molecule has 3 aromatic rings. The Morgan fingerprint density at radius 2 is 2.00 bits per heavy atom. The number of pyridine rings is 1. The molecule has 1 aromatic carbocycles. The number of rotatable bonds is 3. The Morgan fingerprint density at radius 3 is 2.73 bits per heavy atom. The Labute approximate surface area is 124 Å². The number of aldehydes is 1. The second-order valence-electron chi connectivity index (χ2n) is 4.95. The van der Waals surface area contributed by atoms with Gasteiger partial charge in [0.1, 0.15) is 11.9 Å². The van der Waals surface area contributed by atoms with E-state index in [1.54, 1.807) is 35.0 Å². The number of benzene rings is 1. The molecule has 112 valence electrons. The van der Waals surface area contributed by atoms with Crippen molar-refractivity contribution in [1.29, 1.82) is 0 Å². The SMILES string of the molecule is O=Cc1ccn2cc(Cc3cccc(C(F)(F)F)c3)nc2c1. The summed E-state index contributed by atoms with van der Waals surface area (Å²) in [7, 11) is 0. The highest BCUT2D eigenvalue weighted by molar-refractivity contribution is 5.76.